The maximum absolute atomic E-state index is 10.5. The Hall–Kier alpha value is -2.33. The molecule has 2 heterocycles. The summed E-state index contributed by atoms with van der Waals surface area (Å²) < 4.78 is 7.49. The molecule has 0 amide bonds. The normalized spacial score (nSPS) is 12.5. The van der Waals surface area contributed by atoms with Crippen LogP contribution in [0.5, 0.6) is 5.75 Å². The fourth-order valence-electron chi connectivity index (χ4n) is 2.82. The van der Waals surface area contributed by atoms with Gasteiger partial charge in [-0.15, -0.1) is 0 Å². The van der Waals surface area contributed by atoms with Crippen LogP contribution in [-0.4, -0.2) is 21.1 Å². The van der Waals surface area contributed by atoms with E-state index >= 15 is 0 Å². The molecule has 0 spiro atoms. The number of aliphatic hydroxyl groups is 1. The average Bonchev–Trinajstić information content (AvgIpc) is 2.96. The number of aromatic nitrogens is 2. The quantitative estimate of drug-likeness (QED) is 0.770. The second kappa shape index (κ2) is 6.42. The summed E-state index contributed by atoms with van der Waals surface area (Å²) in [5, 5.41) is 10.5. The van der Waals surface area contributed by atoms with E-state index in [1.165, 1.54) is 0 Å². The van der Waals surface area contributed by atoms with Gasteiger partial charge < -0.3 is 14.2 Å². The van der Waals surface area contributed by atoms with Crippen molar-refractivity contribution in [2.24, 2.45) is 0 Å². The highest BCUT2D eigenvalue weighted by Gasteiger charge is 2.20. The van der Waals surface area contributed by atoms with E-state index in [9.17, 15) is 5.11 Å². The number of nitrogens with zero attached hydrogens (tertiary/aromatic N) is 2. The minimum atomic E-state index is -0.548. The first kappa shape index (κ1) is 15.6. The Morgan fingerprint density at radius 2 is 1.91 bits per heavy atom. The van der Waals surface area contributed by atoms with Gasteiger partial charge in [0.25, 0.3) is 0 Å². The molecular weight excluding hydrogens is 288 g/mol. The van der Waals surface area contributed by atoms with Crippen LogP contribution in [-0.2, 0) is 0 Å². The van der Waals surface area contributed by atoms with Crippen LogP contribution in [0.4, 0.5) is 0 Å². The van der Waals surface area contributed by atoms with Crippen molar-refractivity contribution >= 4 is 5.65 Å². The monoisotopic (exact) mass is 310 g/mol. The molecule has 2 aromatic heterocycles. The summed E-state index contributed by atoms with van der Waals surface area (Å²) in [6.07, 6.45) is 2.06. The molecule has 0 saturated heterocycles. The lowest BCUT2D eigenvalue weighted by molar-refractivity contribution is 0.168. The fourth-order valence-corrected chi connectivity index (χ4v) is 2.82. The van der Waals surface area contributed by atoms with Crippen LogP contribution >= 0.6 is 0 Å². The summed E-state index contributed by atoms with van der Waals surface area (Å²) in [4.78, 5) is 4.79. The molecule has 3 rings (SSSR count). The van der Waals surface area contributed by atoms with E-state index < -0.39 is 6.10 Å². The Morgan fingerprint density at radius 3 is 2.57 bits per heavy atom. The van der Waals surface area contributed by atoms with Crippen LogP contribution in [0.3, 0.4) is 0 Å². The molecule has 1 unspecified atom stereocenters. The van der Waals surface area contributed by atoms with Gasteiger partial charge in [-0.1, -0.05) is 13.0 Å². The topological polar surface area (TPSA) is 46.8 Å². The molecule has 4 nitrogen and oxygen atoms in total. The largest absolute Gasteiger partial charge is 0.494 e. The Labute approximate surface area is 136 Å². The maximum atomic E-state index is 10.5. The van der Waals surface area contributed by atoms with Gasteiger partial charge in [-0.25, -0.2) is 4.98 Å². The second-order valence-corrected chi connectivity index (χ2v) is 5.61. The van der Waals surface area contributed by atoms with Crippen molar-refractivity contribution in [1.82, 2.24) is 9.38 Å². The second-order valence-electron chi connectivity index (χ2n) is 5.61. The van der Waals surface area contributed by atoms with E-state index in [0.29, 0.717) is 13.0 Å². The van der Waals surface area contributed by atoms with Crippen molar-refractivity contribution in [1.29, 1.82) is 0 Å². The van der Waals surface area contributed by atoms with E-state index in [1.807, 2.05) is 67.8 Å². The first-order valence-corrected chi connectivity index (χ1v) is 8.04. The van der Waals surface area contributed by atoms with Crippen LogP contribution < -0.4 is 4.74 Å². The Morgan fingerprint density at radius 1 is 1.17 bits per heavy atom. The third kappa shape index (κ3) is 2.82. The van der Waals surface area contributed by atoms with Crippen LogP contribution in [0.15, 0.2) is 42.6 Å². The van der Waals surface area contributed by atoms with Gasteiger partial charge in [0.15, 0.2) is 0 Å². The summed E-state index contributed by atoms with van der Waals surface area (Å²) in [6.45, 7) is 6.62. The highest BCUT2D eigenvalue weighted by Crippen LogP contribution is 2.32. The van der Waals surface area contributed by atoms with Crippen molar-refractivity contribution in [2.45, 2.75) is 33.3 Å². The van der Waals surface area contributed by atoms with E-state index in [2.05, 4.69) is 0 Å². The van der Waals surface area contributed by atoms with Crippen LogP contribution in [0.25, 0.3) is 16.9 Å². The fraction of sp³-hybridized carbons (Fsp3) is 0.316. The highest BCUT2D eigenvalue weighted by atomic mass is 16.5. The van der Waals surface area contributed by atoms with Crippen molar-refractivity contribution < 1.29 is 9.84 Å². The highest BCUT2D eigenvalue weighted by molar-refractivity contribution is 5.69. The molecule has 23 heavy (non-hydrogen) atoms. The third-order valence-corrected chi connectivity index (χ3v) is 4.02. The number of ether oxygens (including phenoxy) is 1. The molecule has 0 aliphatic carbocycles. The van der Waals surface area contributed by atoms with Crippen LogP contribution in [0, 0.1) is 6.92 Å². The molecule has 3 aromatic rings. The zero-order valence-corrected chi connectivity index (χ0v) is 13.8. The number of fused-ring (bicyclic) bond motifs is 1. The van der Waals surface area contributed by atoms with Gasteiger partial charge in [0.2, 0.25) is 0 Å². The number of aryl methyl sites for hydroxylation is 1. The molecule has 120 valence electrons. The lowest BCUT2D eigenvalue weighted by Gasteiger charge is -2.11. The molecule has 0 saturated carbocycles. The van der Waals surface area contributed by atoms with Crippen LogP contribution in [0.1, 0.15) is 37.6 Å². The Kier molecular flexibility index (Phi) is 4.35. The first-order valence-electron chi connectivity index (χ1n) is 8.04. The van der Waals surface area contributed by atoms with Gasteiger partial charge in [-0.05, 0) is 56.2 Å². The summed E-state index contributed by atoms with van der Waals surface area (Å²) in [7, 11) is 0. The number of rotatable bonds is 5. The number of hydrogen-bond acceptors (Lipinski definition) is 3. The molecule has 0 radical (unpaired) electrons. The van der Waals surface area contributed by atoms with Crippen molar-refractivity contribution in [3.8, 4) is 17.0 Å². The van der Waals surface area contributed by atoms with Gasteiger partial charge in [-0.3, -0.25) is 0 Å². The third-order valence-electron chi connectivity index (χ3n) is 4.02. The number of hydrogen-bond donors (Lipinski definition) is 1. The Bertz CT molecular complexity index is 806. The van der Waals surface area contributed by atoms with Gasteiger partial charge in [0, 0.05) is 11.8 Å². The van der Waals surface area contributed by atoms with E-state index in [0.717, 1.165) is 33.9 Å². The van der Waals surface area contributed by atoms with Crippen molar-refractivity contribution in [3.05, 3.63) is 53.9 Å². The molecule has 1 aromatic carbocycles. The molecule has 1 N–H and O–H groups in total. The molecule has 0 aliphatic rings. The molecule has 1 atom stereocenters. The predicted molar refractivity (Wildman–Crippen MR) is 91.8 cm³/mol. The van der Waals surface area contributed by atoms with Gasteiger partial charge >= 0.3 is 0 Å². The first-order chi connectivity index (χ1) is 11.2. The number of aliphatic hydroxyl groups excluding tert-OH is 1. The number of pyridine rings is 1. The smallest absolute Gasteiger partial charge is 0.140 e. The molecule has 4 heteroatoms. The minimum Gasteiger partial charge on any atom is -0.494 e. The van der Waals surface area contributed by atoms with Gasteiger partial charge in [0.1, 0.15) is 11.4 Å². The number of imidazole rings is 1. The van der Waals surface area contributed by atoms with Crippen molar-refractivity contribution in [2.75, 3.05) is 6.61 Å². The van der Waals surface area contributed by atoms with Gasteiger partial charge in [0.05, 0.1) is 24.1 Å². The molecule has 0 fully saturated rings. The van der Waals surface area contributed by atoms with E-state index in [4.69, 9.17) is 9.72 Å². The summed E-state index contributed by atoms with van der Waals surface area (Å²) in [5.74, 6) is 0.841. The molecule has 0 aliphatic heterocycles. The molecule has 0 bridgehead atoms. The predicted octanol–water partition coefficient (Wildman–Crippen LogP) is 4.15. The zero-order chi connectivity index (χ0) is 16.4. The zero-order valence-electron chi connectivity index (χ0n) is 13.8. The van der Waals surface area contributed by atoms with Gasteiger partial charge in [-0.2, -0.15) is 0 Å². The SMILES string of the molecule is CCOc1ccc(-c2nc3c(C)cccn3c2C(O)CC)cc1. The van der Waals surface area contributed by atoms with E-state index in [-0.39, 0.29) is 0 Å². The van der Waals surface area contributed by atoms with E-state index in [1.54, 1.807) is 0 Å². The lowest BCUT2D eigenvalue weighted by Crippen LogP contribution is -2.02. The average molecular weight is 310 g/mol. The van der Waals surface area contributed by atoms with Crippen LogP contribution in [0.2, 0.25) is 0 Å². The summed E-state index contributed by atoms with van der Waals surface area (Å²) in [5.41, 5.74) is 4.64. The summed E-state index contributed by atoms with van der Waals surface area (Å²) in [6, 6.07) is 11.9. The maximum Gasteiger partial charge on any atom is 0.140 e. The summed E-state index contributed by atoms with van der Waals surface area (Å²) >= 11 is 0. The Balaban J connectivity index is 2.17. The standard InChI is InChI=1S/C19H22N2O2/c1-4-16(22)18-17(14-8-10-15(11-9-14)23-5-2)20-19-13(3)7-6-12-21(18)19/h6-12,16,22H,4-5H2,1-3H3. The minimum absolute atomic E-state index is 0.548. The lowest BCUT2D eigenvalue weighted by atomic mass is 10.1. The number of benzene rings is 1. The van der Waals surface area contributed by atoms with Crippen molar-refractivity contribution in [3.63, 3.8) is 0 Å². The molecular formula is C19H22N2O2.